The number of halogens is 1. The van der Waals surface area contributed by atoms with E-state index in [1.165, 1.54) is 18.2 Å². The standard InChI is InChI=1S/C10H9FO2/c1-7(5-12)8-2-3-10(11)9(4-8)6-13/h2-7H,1H3. The van der Waals surface area contributed by atoms with Crippen LogP contribution in [0.15, 0.2) is 18.2 Å². The second-order valence-corrected chi connectivity index (χ2v) is 2.82. The Morgan fingerprint density at radius 1 is 1.38 bits per heavy atom. The summed E-state index contributed by atoms with van der Waals surface area (Å²) in [4.78, 5) is 20.8. The lowest BCUT2D eigenvalue weighted by molar-refractivity contribution is -0.108. The minimum Gasteiger partial charge on any atom is -0.303 e. The van der Waals surface area contributed by atoms with Crippen LogP contribution in [0.3, 0.4) is 0 Å². The molecule has 3 heteroatoms. The zero-order chi connectivity index (χ0) is 9.84. The van der Waals surface area contributed by atoms with Gasteiger partial charge >= 0.3 is 0 Å². The summed E-state index contributed by atoms with van der Waals surface area (Å²) in [6.07, 6.45) is 1.19. The van der Waals surface area contributed by atoms with E-state index >= 15 is 0 Å². The zero-order valence-electron chi connectivity index (χ0n) is 7.16. The molecule has 1 atom stereocenters. The lowest BCUT2D eigenvalue weighted by Crippen LogP contribution is -1.97. The highest BCUT2D eigenvalue weighted by Crippen LogP contribution is 2.15. The first-order valence-electron chi connectivity index (χ1n) is 3.89. The van der Waals surface area contributed by atoms with Crippen molar-refractivity contribution in [1.29, 1.82) is 0 Å². The fourth-order valence-electron chi connectivity index (χ4n) is 1.01. The lowest BCUT2D eigenvalue weighted by Gasteiger charge is -2.04. The maximum Gasteiger partial charge on any atom is 0.153 e. The van der Waals surface area contributed by atoms with Crippen LogP contribution in [0.2, 0.25) is 0 Å². The fourth-order valence-corrected chi connectivity index (χ4v) is 1.01. The average Bonchev–Trinajstić information content (AvgIpc) is 2.17. The Kier molecular flexibility index (Phi) is 2.90. The molecule has 0 aliphatic heterocycles. The van der Waals surface area contributed by atoms with Crippen molar-refractivity contribution in [2.45, 2.75) is 12.8 Å². The van der Waals surface area contributed by atoms with Crippen LogP contribution in [0.25, 0.3) is 0 Å². The number of hydrogen-bond donors (Lipinski definition) is 0. The monoisotopic (exact) mass is 180 g/mol. The molecular weight excluding hydrogens is 171 g/mol. The summed E-state index contributed by atoms with van der Waals surface area (Å²) >= 11 is 0. The number of carbonyl (C=O) groups is 2. The Hall–Kier alpha value is -1.51. The molecule has 0 aliphatic rings. The Labute approximate surface area is 75.4 Å². The molecule has 1 aromatic rings. The Balaban J connectivity index is 3.12. The molecule has 0 saturated heterocycles. The molecule has 0 aromatic heterocycles. The minimum atomic E-state index is -0.558. The molecule has 0 amide bonds. The molecular formula is C10H9FO2. The van der Waals surface area contributed by atoms with E-state index in [1.54, 1.807) is 6.92 Å². The Bertz CT molecular complexity index is 334. The maximum atomic E-state index is 12.8. The van der Waals surface area contributed by atoms with E-state index in [-0.39, 0.29) is 11.5 Å². The van der Waals surface area contributed by atoms with Crippen LogP contribution in [0, 0.1) is 5.82 Å². The molecule has 0 saturated carbocycles. The summed E-state index contributed by atoms with van der Waals surface area (Å²) in [5, 5.41) is 0. The Morgan fingerprint density at radius 2 is 2.08 bits per heavy atom. The number of rotatable bonds is 3. The van der Waals surface area contributed by atoms with Gasteiger partial charge in [-0.3, -0.25) is 4.79 Å². The zero-order valence-corrected chi connectivity index (χ0v) is 7.16. The summed E-state index contributed by atoms with van der Waals surface area (Å²) < 4.78 is 12.8. The van der Waals surface area contributed by atoms with Gasteiger partial charge in [-0.25, -0.2) is 4.39 Å². The van der Waals surface area contributed by atoms with Gasteiger partial charge in [-0.05, 0) is 17.7 Å². The van der Waals surface area contributed by atoms with Crippen molar-refractivity contribution in [3.8, 4) is 0 Å². The first kappa shape index (κ1) is 9.58. The topological polar surface area (TPSA) is 34.1 Å². The molecule has 1 unspecified atom stereocenters. The van der Waals surface area contributed by atoms with Gasteiger partial charge in [0.2, 0.25) is 0 Å². The predicted octanol–water partition coefficient (Wildman–Crippen LogP) is 1.94. The molecule has 2 nitrogen and oxygen atoms in total. The van der Waals surface area contributed by atoms with Crippen LogP contribution in [-0.4, -0.2) is 12.6 Å². The minimum absolute atomic E-state index is 0.00815. The van der Waals surface area contributed by atoms with Crippen molar-refractivity contribution in [2.75, 3.05) is 0 Å². The summed E-state index contributed by atoms with van der Waals surface area (Å²) in [6, 6.07) is 4.09. The number of aldehydes is 2. The van der Waals surface area contributed by atoms with E-state index in [4.69, 9.17) is 0 Å². The van der Waals surface area contributed by atoms with E-state index in [9.17, 15) is 14.0 Å². The SMILES string of the molecule is CC(C=O)c1ccc(F)c(C=O)c1. The van der Waals surface area contributed by atoms with Crippen molar-refractivity contribution < 1.29 is 14.0 Å². The summed E-state index contributed by atoms with van der Waals surface area (Å²) in [5.74, 6) is -0.865. The summed E-state index contributed by atoms with van der Waals surface area (Å²) in [7, 11) is 0. The fraction of sp³-hybridized carbons (Fsp3) is 0.200. The molecule has 0 heterocycles. The van der Waals surface area contributed by atoms with E-state index in [2.05, 4.69) is 0 Å². The number of hydrogen-bond acceptors (Lipinski definition) is 2. The molecule has 1 aromatic carbocycles. The van der Waals surface area contributed by atoms with Gasteiger partial charge in [0, 0.05) is 5.92 Å². The normalized spacial score (nSPS) is 12.2. The first-order valence-corrected chi connectivity index (χ1v) is 3.89. The number of carbonyl (C=O) groups excluding carboxylic acids is 2. The third-order valence-electron chi connectivity index (χ3n) is 1.88. The Morgan fingerprint density at radius 3 is 2.62 bits per heavy atom. The van der Waals surface area contributed by atoms with E-state index in [1.807, 2.05) is 0 Å². The highest BCUT2D eigenvalue weighted by Gasteiger charge is 2.07. The maximum absolute atomic E-state index is 12.8. The molecule has 0 aliphatic carbocycles. The van der Waals surface area contributed by atoms with Crippen molar-refractivity contribution in [2.24, 2.45) is 0 Å². The molecule has 1 rings (SSSR count). The third kappa shape index (κ3) is 1.99. The van der Waals surface area contributed by atoms with E-state index in [0.717, 1.165) is 6.29 Å². The quantitative estimate of drug-likeness (QED) is 0.666. The molecule has 0 N–H and O–H groups in total. The largest absolute Gasteiger partial charge is 0.303 e. The van der Waals surface area contributed by atoms with Crippen molar-refractivity contribution >= 4 is 12.6 Å². The van der Waals surface area contributed by atoms with Crippen LogP contribution < -0.4 is 0 Å². The van der Waals surface area contributed by atoms with Gasteiger partial charge in [-0.15, -0.1) is 0 Å². The predicted molar refractivity (Wildman–Crippen MR) is 46.3 cm³/mol. The summed E-state index contributed by atoms with van der Waals surface area (Å²) in [6.45, 7) is 1.69. The van der Waals surface area contributed by atoms with Crippen molar-refractivity contribution in [3.05, 3.63) is 35.1 Å². The smallest absolute Gasteiger partial charge is 0.153 e. The molecule has 68 valence electrons. The van der Waals surface area contributed by atoms with Crippen LogP contribution in [-0.2, 0) is 4.79 Å². The van der Waals surface area contributed by atoms with Gasteiger partial charge in [-0.2, -0.15) is 0 Å². The van der Waals surface area contributed by atoms with Crippen LogP contribution in [0.4, 0.5) is 4.39 Å². The highest BCUT2D eigenvalue weighted by molar-refractivity contribution is 5.76. The number of benzene rings is 1. The molecule has 0 bridgehead atoms. The first-order chi connectivity index (χ1) is 6.19. The highest BCUT2D eigenvalue weighted by atomic mass is 19.1. The van der Waals surface area contributed by atoms with Crippen LogP contribution in [0.1, 0.15) is 28.8 Å². The van der Waals surface area contributed by atoms with Crippen LogP contribution >= 0.6 is 0 Å². The molecule has 13 heavy (non-hydrogen) atoms. The van der Waals surface area contributed by atoms with Gasteiger partial charge < -0.3 is 4.79 Å². The van der Waals surface area contributed by atoms with E-state index < -0.39 is 5.82 Å². The molecule has 0 fully saturated rings. The van der Waals surface area contributed by atoms with Crippen molar-refractivity contribution in [3.63, 3.8) is 0 Å². The van der Waals surface area contributed by atoms with E-state index in [0.29, 0.717) is 11.8 Å². The average molecular weight is 180 g/mol. The second-order valence-electron chi connectivity index (χ2n) is 2.82. The van der Waals surface area contributed by atoms with Crippen LogP contribution in [0.5, 0.6) is 0 Å². The van der Waals surface area contributed by atoms with Gasteiger partial charge in [0.25, 0.3) is 0 Å². The molecule has 0 radical (unpaired) electrons. The summed E-state index contributed by atoms with van der Waals surface area (Å²) in [5.41, 5.74) is 0.643. The van der Waals surface area contributed by atoms with Gasteiger partial charge in [0.1, 0.15) is 12.1 Å². The second kappa shape index (κ2) is 3.94. The van der Waals surface area contributed by atoms with Crippen molar-refractivity contribution in [1.82, 2.24) is 0 Å². The lowest BCUT2D eigenvalue weighted by atomic mass is 10.0. The molecule has 0 spiro atoms. The van der Waals surface area contributed by atoms with Gasteiger partial charge in [0.05, 0.1) is 5.56 Å². The third-order valence-corrected chi connectivity index (χ3v) is 1.88. The van der Waals surface area contributed by atoms with Gasteiger partial charge in [-0.1, -0.05) is 13.0 Å². The van der Waals surface area contributed by atoms with Gasteiger partial charge in [0.15, 0.2) is 6.29 Å².